The van der Waals surface area contributed by atoms with Gasteiger partial charge in [0.1, 0.15) is 38.3 Å². The smallest absolute Gasteiger partial charge is 0.332 e. The Bertz CT molecular complexity index is 1360. The molecule has 0 spiro atoms. The minimum absolute atomic E-state index is 0.0300. The summed E-state index contributed by atoms with van der Waals surface area (Å²) in [4.78, 5) is 50.3. The van der Waals surface area contributed by atoms with Crippen LogP contribution < -0.4 is 4.74 Å². The average Bonchev–Trinajstić information content (AvgIpc) is 3.10. The number of isocyanates is 1. The van der Waals surface area contributed by atoms with Crippen LogP contribution in [0, 0.1) is 11.5 Å². The number of hydrogen-bond donors (Lipinski definition) is 0. The van der Waals surface area contributed by atoms with Crippen LogP contribution in [-0.4, -0.2) is 43.3 Å². The third-order valence-electron chi connectivity index (χ3n) is 7.43. The van der Waals surface area contributed by atoms with E-state index in [4.69, 9.17) is 28.9 Å². The normalized spacial score (nSPS) is 11.3. The van der Waals surface area contributed by atoms with Crippen molar-refractivity contribution in [1.82, 2.24) is 0 Å². The molecule has 0 amide bonds. The van der Waals surface area contributed by atoms with Crippen molar-refractivity contribution in [2.24, 2.45) is 4.99 Å². The van der Waals surface area contributed by atoms with Gasteiger partial charge in [-0.15, -0.1) is 5.26 Å². The largest absolute Gasteiger partial charge is 0.461 e. The maximum Gasteiger partial charge on any atom is 0.332 e. The molecule has 0 radical (unpaired) electrons. The van der Waals surface area contributed by atoms with Gasteiger partial charge in [-0.1, -0.05) is 81.9 Å². The summed E-state index contributed by atoms with van der Waals surface area (Å²) in [7, 11) is 0. The number of ether oxygens (including phenoxy) is 5. The monoisotopic (exact) mass is 676 g/mol. The van der Waals surface area contributed by atoms with Crippen molar-refractivity contribution in [3.8, 4) is 12.0 Å². The number of unbranched alkanes of at least 4 members (excludes halogenated alkanes) is 8. The molecule has 11 nitrogen and oxygen atoms in total. The van der Waals surface area contributed by atoms with Crippen LogP contribution in [0.4, 0.5) is 5.69 Å². The highest BCUT2D eigenvalue weighted by atomic mass is 16.6. The van der Waals surface area contributed by atoms with Gasteiger partial charge in [-0.25, -0.2) is 14.4 Å². The number of benzene rings is 2. The molecule has 11 heteroatoms. The van der Waals surface area contributed by atoms with E-state index in [1.807, 2.05) is 0 Å². The average molecular weight is 677 g/mol. The molecule has 0 N–H and O–H groups in total. The van der Waals surface area contributed by atoms with Crippen molar-refractivity contribution in [2.45, 2.75) is 110 Å². The zero-order chi connectivity index (χ0) is 35.4. The summed E-state index contributed by atoms with van der Waals surface area (Å²) in [5, 5.41) is 8.53. The van der Waals surface area contributed by atoms with Gasteiger partial charge in [-0.3, -0.25) is 4.79 Å². The van der Waals surface area contributed by atoms with E-state index in [0.717, 1.165) is 81.8 Å². The van der Waals surface area contributed by atoms with Crippen LogP contribution in [0.1, 0.15) is 102 Å². The Hall–Kier alpha value is -4.78. The molecule has 0 aliphatic carbocycles. The van der Waals surface area contributed by atoms with Crippen molar-refractivity contribution in [3.63, 3.8) is 0 Å². The number of allylic oxidation sites excluding steroid dienone is 1. The summed E-state index contributed by atoms with van der Waals surface area (Å²) in [6.45, 7) is 1.67. The van der Waals surface area contributed by atoms with Gasteiger partial charge in [0.15, 0.2) is 0 Å². The minimum atomic E-state index is -0.602. The summed E-state index contributed by atoms with van der Waals surface area (Å²) in [5.74, 6) is -0.945. The zero-order valence-corrected chi connectivity index (χ0v) is 28.4. The molecule has 0 unspecified atom stereocenters. The maximum absolute atomic E-state index is 12.4. The van der Waals surface area contributed by atoms with E-state index in [0.29, 0.717) is 24.3 Å². The number of carbonyl (C=O) groups excluding carboxylic acids is 4. The molecule has 49 heavy (non-hydrogen) atoms. The fourth-order valence-corrected chi connectivity index (χ4v) is 4.76. The number of nitrogens with zero attached hydrogens (tertiary/aromatic N) is 2. The fraction of sp³-hybridized carbons (Fsp3) is 0.500. The quantitative estimate of drug-likeness (QED) is 0.0183. The van der Waals surface area contributed by atoms with Gasteiger partial charge in [0.2, 0.25) is 6.08 Å². The second-order valence-corrected chi connectivity index (χ2v) is 11.5. The molecule has 1 atom stereocenters. The number of esters is 3. The van der Waals surface area contributed by atoms with Crippen LogP contribution in [0.15, 0.2) is 65.7 Å². The Morgan fingerprint density at radius 2 is 1.41 bits per heavy atom. The van der Waals surface area contributed by atoms with Gasteiger partial charge in [0, 0.05) is 12.8 Å². The molecule has 0 fully saturated rings. The Kier molecular flexibility index (Phi) is 21.6. The lowest BCUT2D eigenvalue weighted by Crippen LogP contribution is -2.23. The highest BCUT2D eigenvalue weighted by Gasteiger charge is 2.15. The molecular weight excluding hydrogens is 628 g/mol. The molecule has 0 bridgehead atoms. The van der Waals surface area contributed by atoms with Crippen LogP contribution in [0.5, 0.6) is 5.75 Å². The van der Waals surface area contributed by atoms with E-state index in [2.05, 4.69) is 24.1 Å². The number of rotatable bonds is 26. The third kappa shape index (κ3) is 20.2. The highest BCUT2D eigenvalue weighted by Crippen LogP contribution is 2.16. The second kappa shape index (κ2) is 26.2. The van der Waals surface area contributed by atoms with Gasteiger partial charge in [-0.05, 0) is 67.5 Å². The topological polar surface area (TPSA) is 151 Å². The Balaban J connectivity index is 1.56. The molecule has 0 heterocycles. The molecule has 0 aromatic heterocycles. The van der Waals surface area contributed by atoms with Crippen molar-refractivity contribution < 1.29 is 42.9 Å². The molecule has 2 rings (SSSR count). The molecule has 264 valence electrons. The summed E-state index contributed by atoms with van der Waals surface area (Å²) in [6, 6.07) is 13.4. The van der Waals surface area contributed by atoms with Crippen LogP contribution in [0.3, 0.4) is 0 Å². The molecule has 0 saturated heterocycles. The predicted octanol–water partition coefficient (Wildman–Crippen LogP) is 7.88. The van der Waals surface area contributed by atoms with E-state index < -0.39 is 11.9 Å². The van der Waals surface area contributed by atoms with Crippen LogP contribution in [0.25, 0.3) is 0 Å². The number of carbonyl (C=O) groups is 3. The SMILES string of the molecule is CCCCCC[C@H](C/C=C\CCCCCCCC(=O)OCc1ccc(N=C=O)cc1)OC(=O)COCC(=O)OCc1ccc(OC#N)cc1. The first-order chi connectivity index (χ1) is 23.9. The molecule has 0 aliphatic rings. The Morgan fingerprint density at radius 3 is 2.10 bits per heavy atom. The lowest BCUT2D eigenvalue weighted by atomic mass is 10.1. The van der Waals surface area contributed by atoms with Gasteiger partial charge < -0.3 is 23.7 Å². The summed E-state index contributed by atoms with van der Waals surface area (Å²) >= 11 is 0. The minimum Gasteiger partial charge on any atom is -0.461 e. The van der Waals surface area contributed by atoms with E-state index >= 15 is 0 Å². The standard InChI is InChI=1S/C38H48N2O9/c1-2-3-4-11-14-35(49-38(44)28-45-27-37(43)47-26-32-19-23-34(24-20-32)48-29-39)15-12-9-7-5-6-8-10-13-16-36(42)46-25-31-17-21-33(22-18-31)40-30-41/h9,12,17-24,35H,2-8,10-11,13-16,25-28H2,1H3/b12-9-/t35-/m1/s1. The van der Waals surface area contributed by atoms with Crippen molar-refractivity contribution in [3.05, 3.63) is 71.8 Å². The van der Waals surface area contributed by atoms with Crippen LogP contribution >= 0.6 is 0 Å². The summed E-state index contributed by atoms with van der Waals surface area (Å²) in [5.41, 5.74) is 2.06. The van der Waals surface area contributed by atoms with E-state index in [1.54, 1.807) is 54.8 Å². The fourth-order valence-electron chi connectivity index (χ4n) is 4.76. The molecular formula is C38H48N2O9. The van der Waals surface area contributed by atoms with E-state index in [1.165, 1.54) is 6.08 Å². The van der Waals surface area contributed by atoms with Crippen LogP contribution in [0.2, 0.25) is 0 Å². The molecule has 0 aliphatic heterocycles. The lowest BCUT2D eigenvalue weighted by Gasteiger charge is -2.16. The Morgan fingerprint density at radius 1 is 0.776 bits per heavy atom. The van der Waals surface area contributed by atoms with Crippen molar-refractivity contribution in [2.75, 3.05) is 13.2 Å². The van der Waals surface area contributed by atoms with E-state index in [9.17, 15) is 19.2 Å². The lowest BCUT2D eigenvalue weighted by molar-refractivity contribution is -0.159. The summed E-state index contributed by atoms with van der Waals surface area (Å²) in [6.07, 6.45) is 18.9. The predicted molar refractivity (Wildman–Crippen MR) is 182 cm³/mol. The highest BCUT2D eigenvalue weighted by molar-refractivity contribution is 5.73. The van der Waals surface area contributed by atoms with E-state index in [-0.39, 0.29) is 38.5 Å². The molecule has 0 saturated carbocycles. The summed E-state index contributed by atoms with van der Waals surface area (Å²) < 4.78 is 26.1. The first kappa shape index (κ1) is 40.4. The van der Waals surface area contributed by atoms with Gasteiger partial charge in [0.25, 0.3) is 6.26 Å². The third-order valence-corrected chi connectivity index (χ3v) is 7.43. The van der Waals surface area contributed by atoms with Crippen molar-refractivity contribution in [1.29, 1.82) is 5.26 Å². The Labute approximate surface area is 289 Å². The zero-order valence-electron chi connectivity index (χ0n) is 28.4. The van der Waals surface area contributed by atoms with Crippen molar-refractivity contribution >= 4 is 29.7 Å². The number of aliphatic imine (C=N–C) groups is 1. The first-order valence-electron chi connectivity index (χ1n) is 17.0. The second-order valence-electron chi connectivity index (χ2n) is 11.5. The molecule has 2 aromatic carbocycles. The maximum atomic E-state index is 12.4. The number of hydrogen-bond acceptors (Lipinski definition) is 11. The first-order valence-corrected chi connectivity index (χ1v) is 17.0. The van der Waals surface area contributed by atoms with Gasteiger partial charge in [0.05, 0.1) is 5.69 Å². The molecule has 2 aromatic rings. The van der Waals surface area contributed by atoms with Crippen LogP contribution in [-0.2, 0) is 51.3 Å². The van der Waals surface area contributed by atoms with Gasteiger partial charge >= 0.3 is 17.9 Å². The number of nitriles is 1. The van der Waals surface area contributed by atoms with Gasteiger partial charge in [-0.2, -0.15) is 4.99 Å².